The van der Waals surface area contributed by atoms with Crippen LogP contribution >= 0.6 is 11.6 Å². The Kier molecular flexibility index (Phi) is 7.83. The van der Waals surface area contributed by atoms with E-state index < -0.39 is 10.0 Å². The second-order valence-corrected chi connectivity index (χ2v) is 9.10. The van der Waals surface area contributed by atoms with E-state index in [1.807, 2.05) is 44.2 Å². The van der Waals surface area contributed by atoms with Crippen LogP contribution < -0.4 is 5.32 Å². The average Bonchev–Trinajstić information content (AvgIpc) is 2.64. The molecule has 0 saturated heterocycles. The third-order valence-corrected chi connectivity index (χ3v) is 6.08. The van der Waals surface area contributed by atoms with Crippen molar-refractivity contribution in [3.63, 3.8) is 0 Å². The lowest BCUT2D eigenvalue weighted by Gasteiger charge is -2.22. The summed E-state index contributed by atoms with van der Waals surface area (Å²) in [5, 5.41) is 3.24. The van der Waals surface area contributed by atoms with Crippen LogP contribution in [0.2, 0.25) is 5.02 Å². The maximum absolute atomic E-state index is 13.0. The number of carbonyl (C=O) groups is 1. The topological polar surface area (TPSA) is 66.5 Å². The van der Waals surface area contributed by atoms with Crippen LogP contribution in [0.15, 0.2) is 59.5 Å². The number of sulfonamides is 1. The molecule has 7 heteroatoms. The number of nitrogens with zero attached hydrogens (tertiary/aromatic N) is 1. The second-order valence-electron chi connectivity index (χ2n) is 6.73. The second kappa shape index (κ2) is 9.88. The Balaban J connectivity index is 2.19. The third-order valence-electron chi connectivity index (χ3n) is 3.97. The van der Waals surface area contributed by atoms with E-state index in [2.05, 4.69) is 5.32 Å². The Morgan fingerprint density at radius 3 is 2.30 bits per heavy atom. The van der Waals surface area contributed by atoms with Gasteiger partial charge in [0.1, 0.15) is 0 Å². The van der Waals surface area contributed by atoms with Crippen LogP contribution in [0.4, 0.5) is 0 Å². The summed E-state index contributed by atoms with van der Waals surface area (Å²) >= 11 is 5.87. The highest BCUT2D eigenvalue weighted by atomic mass is 35.5. The van der Waals surface area contributed by atoms with Gasteiger partial charge in [-0.15, -0.1) is 0 Å². The van der Waals surface area contributed by atoms with E-state index in [1.165, 1.54) is 28.6 Å². The van der Waals surface area contributed by atoms with Gasteiger partial charge in [0.05, 0.1) is 11.4 Å². The van der Waals surface area contributed by atoms with Gasteiger partial charge in [-0.25, -0.2) is 8.42 Å². The van der Waals surface area contributed by atoms with Crippen molar-refractivity contribution < 1.29 is 13.2 Å². The first-order valence-corrected chi connectivity index (χ1v) is 10.7. The SMILES string of the molecule is CC(C)CNC(=O)CN(CCc1ccccc1)S(=O)(=O)c1ccc(Cl)cc1. The number of rotatable bonds is 9. The summed E-state index contributed by atoms with van der Waals surface area (Å²) in [5.74, 6) is -0.0195. The van der Waals surface area contributed by atoms with Gasteiger partial charge in [-0.1, -0.05) is 55.8 Å². The zero-order valence-electron chi connectivity index (χ0n) is 15.6. The van der Waals surface area contributed by atoms with Gasteiger partial charge in [0, 0.05) is 18.1 Å². The fraction of sp³-hybridized carbons (Fsp3) is 0.350. The van der Waals surface area contributed by atoms with E-state index in [1.54, 1.807) is 0 Å². The molecule has 2 aromatic carbocycles. The minimum atomic E-state index is -3.81. The summed E-state index contributed by atoms with van der Waals surface area (Å²) in [6.07, 6.45) is 0.519. The molecule has 1 amide bonds. The normalized spacial score (nSPS) is 11.7. The van der Waals surface area contributed by atoms with Crippen LogP contribution in [0.3, 0.4) is 0 Å². The maximum Gasteiger partial charge on any atom is 0.243 e. The summed E-state index contributed by atoms with van der Waals surface area (Å²) in [6.45, 7) is 4.47. The highest BCUT2D eigenvalue weighted by Gasteiger charge is 2.26. The molecule has 0 heterocycles. The predicted molar refractivity (Wildman–Crippen MR) is 108 cm³/mol. The van der Waals surface area contributed by atoms with Gasteiger partial charge in [0.2, 0.25) is 15.9 Å². The van der Waals surface area contributed by atoms with E-state index >= 15 is 0 Å². The van der Waals surface area contributed by atoms with Crippen molar-refractivity contribution in [1.29, 1.82) is 0 Å². The van der Waals surface area contributed by atoms with Crippen LogP contribution in [0, 0.1) is 5.92 Å². The molecule has 0 spiro atoms. The van der Waals surface area contributed by atoms with Gasteiger partial charge in [0.25, 0.3) is 0 Å². The summed E-state index contributed by atoms with van der Waals surface area (Å²) < 4.78 is 27.3. The molecule has 5 nitrogen and oxygen atoms in total. The Labute approximate surface area is 166 Å². The molecule has 27 heavy (non-hydrogen) atoms. The highest BCUT2D eigenvalue weighted by Crippen LogP contribution is 2.19. The molecule has 0 bridgehead atoms. The molecule has 0 aliphatic heterocycles. The van der Waals surface area contributed by atoms with Crippen LogP contribution in [-0.4, -0.2) is 38.3 Å². The fourth-order valence-corrected chi connectivity index (χ4v) is 4.00. The van der Waals surface area contributed by atoms with Crippen molar-refractivity contribution in [2.24, 2.45) is 5.92 Å². The van der Waals surface area contributed by atoms with Crippen molar-refractivity contribution in [3.05, 3.63) is 65.2 Å². The smallest absolute Gasteiger partial charge is 0.243 e. The van der Waals surface area contributed by atoms with Crippen LogP contribution in [0.25, 0.3) is 0 Å². The fourth-order valence-electron chi connectivity index (χ4n) is 2.47. The predicted octanol–water partition coefficient (Wildman–Crippen LogP) is 3.35. The van der Waals surface area contributed by atoms with Gasteiger partial charge in [-0.3, -0.25) is 4.79 Å². The minimum Gasteiger partial charge on any atom is -0.355 e. The van der Waals surface area contributed by atoms with E-state index in [0.29, 0.717) is 23.9 Å². The molecule has 0 unspecified atom stereocenters. The number of hydrogen-bond acceptors (Lipinski definition) is 3. The van der Waals surface area contributed by atoms with Crippen molar-refractivity contribution in [2.75, 3.05) is 19.6 Å². The molecule has 0 fully saturated rings. The Morgan fingerprint density at radius 1 is 1.07 bits per heavy atom. The quantitative estimate of drug-likeness (QED) is 0.691. The number of carbonyl (C=O) groups excluding carboxylic acids is 1. The average molecular weight is 409 g/mol. The molecule has 146 valence electrons. The molecule has 0 aliphatic carbocycles. The number of benzene rings is 2. The molecular formula is C20H25ClN2O3S. The first kappa shape index (κ1) is 21.4. The lowest BCUT2D eigenvalue weighted by atomic mass is 10.1. The minimum absolute atomic E-state index is 0.122. The summed E-state index contributed by atoms with van der Waals surface area (Å²) in [5.41, 5.74) is 1.01. The van der Waals surface area contributed by atoms with E-state index in [-0.39, 0.29) is 23.9 Å². The first-order valence-electron chi connectivity index (χ1n) is 8.85. The Bertz CT molecular complexity index is 837. The van der Waals surface area contributed by atoms with E-state index in [0.717, 1.165) is 5.56 Å². The zero-order valence-corrected chi connectivity index (χ0v) is 17.1. The van der Waals surface area contributed by atoms with Crippen LogP contribution in [-0.2, 0) is 21.2 Å². The largest absolute Gasteiger partial charge is 0.355 e. The van der Waals surface area contributed by atoms with Gasteiger partial charge in [-0.05, 0) is 42.2 Å². The summed E-state index contributed by atoms with van der Waals surface area (Å²) in [4.78, 5) is 12.4. The van der Waals surface area contributed by atoms with Crippen molar-refractivity contribution >= 4 is 27.5 Å². The Morgan fingerprint density at radius 2 is 1.70 bits per heavy atom. The number of nitrogens with one attached hydrogen (secondary N) is 1. The molecule has 2 rings (SSSR count). The summed E-state index contributed by atoms with van der Waals surface area (Å²) in [6, 6.07) is 15.6. The lowest BCUT2D eigenvalue weighted by molar-refractivity contribution is -0.121. The number of hydrogen-bond donors (Lipinski definition) is 1. The van der Waals surface area contributed by atoms with E-state index in [9.17, 15) is 13.2 Å². The third kappa shape index (κ3) is 6.65. The molecule has 0 radical (unpaired) electrons. The lowest BCUT2D eigenvalue weighted by Crippen LogP contribution is -2.42. The van der Waals surface area contributed by atoms with Gasteiger partial charge in [0.15, 0.2) is 0 Å². The van der Waals surface area contributed by atoms with Gasteiger partial charge >= 0.3 is 0 Å². The zero-order chi connectivity index (χ0) is 19.9. The first-order chi connectivity index (χ1) is 12.8. The molecular weight excluding hydrogens is 384 g/mol. The van der Waals surface area contributed by atoms with Gasteiger partial charge < -0.3 is 5.32 Å². The molecule has 1 N–H and O–H groups in total. The molecule has 2 aromatic rings. The molecule has 0 saturated carbocycles. The summed E-state index contributed by atoms with van der Waals surface area (Å²) in [7, 11) is -3.81. The monoisotopic (exact) mass is 408 g/mol. The maximum atomic E-state index is 13.0. The number of halogens is 1. The molecule has 0 atom stereocenters. The standard InChI is InChI=1S/C20H25ClN2O3S/c1-16(2)14-22-20(24)15-23(13-12-17-6-4-3-5-7-17)27(25,26)19-10-8-18(21)9-11-19/h3-11,16H,12-15H2,1-2H3,(H,22,24). The van der Waals surface area contributed by atoms with E-state index in [4.69, 9.17) is 11.6 Å². The Hall–Kier alpha value is -1.89. The van der Waals surface area contributed by atoms with Crippen LogP contribution in [0.5, 0.6) is 0 Å². The molecule has 0 aliphatic rings. The van der Waals surface area contributed by atoms with Gasteiger partial charge in [-0.2, -0.15) is 4.31 Å². The highest BCUT2D eigenvalue weighted by molar-refractivity contribution is 7.89. The molecule has 0 aromatic heterocycles. The van der Waals surface area contributed by atoms with Crippen molar-refractivity contribution in [1.82, 2.24) is 9.62 Å². The van der Waals surface area contributed by atoms with Crippen molar-refractivity contribution in [2.45, 2.75) is 25.2 Å². The van der Waals surface area contributed by atoms with Crippen LogP contribution in [0.1, 0.15) is 19.4 Å². The van der Waals surface area contributed by atoms with Crippen molar-refractivity contribution in [3.8, 4) is 0 Å². The number of amides is 1.